The van der Waals surface area contributed by atoms with Crippen LogP contribution < -0.4 is 0 Å². The monoisotopic (exact) mass is 676 g/mol. The molecular formula is C38H50ClFN6O2. The number of hydrogen-bond acceptors (Lipinski definition) is 5. The number of carbonyl (C=O) groups excluding carboxylic acids is 2. The lowest BCUT2D eigenvalue weighted by Gasteiger charge is -2.54. The zero-order valence-corrected chi connectivity index (χ0v) is 30.0. The highest BCUT2D eigenvalue weighted by molar-refractivity contribution is 6.35. The Bertz CT molecular complexity index is 1680. The summed E-state index contributed by atoms with van der Waals surface area (Å²) in [5, 5.41) is 1.54. The Balaban J connectivity index is 1.03. The number of pyridine rings is 1. The summed E-state index contributed by atoms with van der Waals surface area (Å²) in [4.78, 5) is 38.8. The quantitative estimate of drug-likeness (QED) is 0.279. The van der Waals surface area contributed by atoms with Gasteiger partial charge < -0.3 is 14.4 Å². The molecule has 0 radical (unpaired) electrons. The lowest BCUT2D eigenvalue weighted by molar-refractivity contribution is -0.128. The molecule has 5 heterocycles. The van der Waals surface area contributed by atoms with E-state index < -0.39 is 5.82 Å². The Morgan fingerprint density at radius 1 is 1.02 bits per heavy atom. The molecule has 3 aliphatic heterocycles. The average molecular weight is 677 g/mol. The summed E-state index contributed by atoms with van der Waals surface area (Å²) >= 11 is 6.79. The first-order chi connectivity index (χ1) is 22.9. The normalized spacial score (nSPS) is 25.5. The largest absolute Gasteiger partial charge is 0.342 e. The zero-order chi connectivity index (χ0) is 34.0. The van der Waals surface area contributed by atoms with Gasteiger partial charge >= 0.3 is 0 Å². The molecule has 7 rings (SSSR count). The lowest BCUT2D eigenvalue weighted by Crippen LogP contribution is -2.60. The minimum Gasteiger partial charge on any atom is -0.342 e. The third kappa shape index (κ3) is 6.04. The molecule has 1 aromatic carbocycles. The van der Waals surface area contributed by atoms with Crippen molar-refractivity contribution in [2.45, 2.75) is 72.0 Å². The van der Waals surface area contributed by atoms with Gasteiger partial charge in [0.05, 0.1) is 28.0 Å². The highest BCUT2D eigenvalue weighted by Crippen LogP contribution is 2.44. The van der Waals surface area contributed by atoms with Crippen LogP contribution in [0.4, 0.5) is 4.39 Å². The summed E-state index contributed by atoms with van der Waals surface area (Å²) < 4.78 is 16.5. The van der Waals surface area contributed by atoms with Gasteiger partial charge in [-0.15, -0.1) is 0 Å². The third-order valence-electron chi connectivity index (χ3n) is 12.0. The van der Waals surface area contributed by atoms with Crippen LogP contribution in [0, 0.1) is 35.4 Å². The van der Waals surface area contributed by atoms with Gasteiger partial charge in [-0.05, 0) is 86.5 Å². The second-order valence-corrected chi connectivity index (χ2v) is 16.2. The molecule has 48 heavy (non-hydrogen) atoms. The molecule has 258 valence electrons. The van der Waals surface area contributed by atoms with E-state index in [1.54, 1.807) is 37.3 Å². The smallest absolute Gasteiger partial charge is 0.256 e. The predicted octanol–water partition coefficient (Wildman–Crippen LogP) is 5.99. The summed E-state index contributed by atoms with van der Waals surface area (Å²) in [5.74, 6) is 2.69. The molecule has 3 atom stereocenters. The van der Waals surface area contributed by atoms with E-state index in [0.717, 1.165) is 68.1 Å². The summed E-state index contributed by atoms with van der Waals surface area (Å²) in [5.41, 5.74) is 2.90. The van der Waals surface area contributed by atoms with E-state index in [4.69, 9.17) is 11.6 Å². The van der Waals surface area contributed by atoms with E-state index in [1.165, 1.54) is 25.0 Å². The molecule has 4 aliphatic rings. The molecule has 1 aliphatic carbocycles. The Labute approximate surface area is 289 Å². The van der Waals surface area contributed by atoms with Crippen molar-refractivity contribution < 1.29 is 14.0 Å². The van der Waals surface area contributed by atoms with Crippen LogP contribution in [0.25, 0.3) is 16.6 Å². The molecule has 3 saturated heterocycles. The lowest BCUT2D eigenvalue weighted by atomic mass is 9.70. The Morgan fingerprint density at radius 2 is 1.71 bits per heavy atom. The van der Waals surface area contributed by atoms with Crippen LogP contribution in [0.15, 0.2) is 36.8 Å². The molecule has 4 fully saturated rings. The Morgan fingerprint density at radius 3 is 2.33 bits per heavy atom. The molecule has 1 unspecified atom stereocenters. The maximum Gasteiger partial charge on any atom is 0.256 e. The highest BCUT2D eigenvalue weighted by atomic mass is 35.5. The van der Waals surface area contributed by atoms with Crippen LogP contribution in [0.5, 0.6) is 0 Å². The predicted molar refractivity (Wildman–Crippen MR) is 188 cm³/mol. The zero-order valence-electron chi connectivity index (χ0n) is 29.2. The second kappa shape index (κ2) is 13.0. The minimum absolute atomic E-state index is 0.0243. The van der Waals surface area contributed by atoms with E-state index in [-0.39, 0.29) is 17.9 Å². The van der Waals surface area contributed by atoms with E-state index in [2.05, 4.69) is 34.8 Å². The van der Waals surface area contributed by atoms with Crippen LogP contribution in [0.3, 0.4) is 0 Å². The number of carbonyl (C=O) groups is 2. The van der Waals surface area contributed by atoms with Crippen LogP contribution in [-0.4, -0.2) is 105 Å². The number of fused-ring (bicyclic) bond motifs is 2. The standard InChI is InChI=1S/C38H50ClFN6O2/c1-22(2)37(26-10-31(11-26)44-19-28-17-43(24(5)47)18-29(28)20-44)45-15-25(16-45)9-27-21-46(35-14-41-13-33(39)36(27)35)34-8-7-30(40)12-32(34)38(48)42(6)23(3)4/h7-8,12-14,21-23,25-26,28-29,31,37H,9-11,15-20H2,1-6H3/t26-,28-,29?,31-,37+/m1/s1. The van der Waals surface area contributed by atoms with Crippen molar-refractivity contribution in [1.82, 2.24) is 29.2 Å². The number of halogens is 2. The second-order valence-electron chi connectivity index (χ2n) is 15.8. The van der Waals surface area contributed by atoms with E-state index in [1.807, 2.05) is 23.3 Å². The fourth-order valence-electron chi connectivity index (χ4n) is 9.23. The van der Waals surface area contributed by atoms with Gasteiger partial charge in [0.2, 0.25) is 5.91 Å². The first-order valence-corrected chi connectivity index (χ1v) is 18.2. The maximum absolute atomic E-state index is 14.5. The maximum atomic E-state index is 14.5. The van der Waals surface area contributed by atoms with Crippen molar-refractivity contribution in [3.05, 3.63) is 58.8 Å². The number of aromatic nitrogens is 2. The molecule has 1 saturated carbocycles. The fraction of sp³-hybridized carbons (Fsp3) is 0.605. The van der Waals surface area contributed by atoms with Crippen LogP contribution in [0.1, 0.15) is 63.4 Å². The SMILES string of the molecule is CC(=O)N1CC2CN([C@H]3C[C@H]([C@H](C(C)C)N4CC(Cc5cn(-c6ccc(F)cc6C(=O)N(C)C(C)C)c6cncc(Cl)c56)C4)C3)C[C@H]2C1. The molecule has 0 bridgehead atoms. The summed E-state index contributed by atoms with van der Waals surface area (Å²) in [7, 11) is 1.75. The van der Waals surface area contributed by atoms with Gasteiger partial charge in [0.1, 0.15) is 5.82 Å². The Kier molecular flexibility index (Phi) is 9.09. The highest BCUT2D eigenvalue weighted by Gasteiger charge is 2.49. The van der Waals surface area contributed by atoms with Gasteiger partial charge in [0.25, 0.3) is 5.91 Å². The van der Waals surface area contributed by atoms with Gasteiger partial charge in [0, 0.05) is 89.1 Å². The van der Waals surface area contributed by atoms with E-state index in [0.29, 0.717) is 52.0 Å². The van der Waals surface area contributed by atoms with Crippen molar-refractivity contribution in [1.29, 1.82) is 0 Å². The number of nitrogens with zero attached hydrogens (tertiary/aromatic N) is 6. The van der Waals surface area contributed by atoms with Gasteiger partial charge in [-0.3, -0.25) is 24.4 Å². The molecule has 2 amide bonds. The molecule has 2 aromatic heterocycles. The van der Waals surface area contributed by atoms with E-state index in [9.17, 15) is 14.0 Å². The molecule has 0 spiro atoms. The van der Waals surface area contributed by atoms with Gasteiger partial charge in [-0.2, -0.15) is 0 Å². The van der Waals surface area contributed by atoms with Crippen LogP contribution in [0.2, 0.25) is 5.02 Å². The number of likely N-dealkylation sites (tertiary alicyclic amines) is 3. The fourth-order valence-corrected chi connectivity index (χ4v) is 9.51. The van der Waals surface area contributed by atoms with Crippen molar-refractivity contribution in [2.24, 2.45) is 29.6 Å². The van der Waals surface area contributed by atoms with Gasteiger partial charge in [0.15, 0.2) is 0 Å². The van der Waals surface area contributed by atoms with Crippen molar-refractivity contribution in [2.75, 3.05) is 46.3 Å². The topological polar surface area (TPSA) is 64.9 Å². The van der Waals surface area contributed by atoms with E-state index >= 15 is 0 Å². The van der Waals surface area contributed by atoms with Gasteiger partial charge in [-0.25, -0.2) is 4.39 Å². The number of rotatable bonds is 9. The molecular weight excluding hydrogens is 627 g/mol. The molecule has 3 aromatic rings. The minimum atomic E-state index is -0.442. The van der Waals surface area contributed by atoms with Crippen molar-refractivity contribution >= 4 is 34.3 Å². The Hall–Kier alpha value is -3.01. The van der Waals surface area contributed by atoms with Crippen LogP contribution >= 0.6 is 11.6 Å². The third-order valence-corrected chi connectivity index (χ3v) is 12.3. The molecule has 0 N–H and O–H groups in total. The number of amides is 2. The van der Waals surface area contributed by atoms with Crippen molar-refractivity contribution in [3.8, 4) is 5.69 Å². The first-order valence-electron chi connectivity index (χ1n) is 17.8. The first kappa shape index (κ1) is 33.5. The van der Waals surface area contributed by atoms with Crippen LogP contribution in [-0.2, 0) is 11.2 Å². The summed E-state index contributed by atoms with van der Waals surface area (Å²) in [6, 6.07) is 5.67. The van der Waals surface area contributed by atoms with Crippen molar-refractivity contribution in [3.63, 3.8) is 0 Å². The number of hydrogen-bond donors (Lipinski definition) is 0. The average Bonchev–Trinajstić information content (AvgIpc) is 3.68. The molecule has 10 heteroatoms. The van der Waals surface area contributed by atoms with Gasteiger partial charge in [-0.1, -0.05) is 25.4 Å². The number of benzene rings is 1. The summed E-state index contributed by atoms with van der Waals surface area (Å²) in [6.07, 6.45) is 8.99. The molecule has 8 nitrogen and oxygen atoms in total. The summed E-state index contributed by atoms with van der Waals surface area (Å²) in [6.45, 7) is 16.7.